The van der Waals surface area contributed by atoms with Crippen molar-refractivity contribution >= 4 is 11.6 Å². The van der Waals surface area contributed by atoms with Crippen LogP contribution >= 0.6 is 0 Å². The van der Waals surface area contributed by atoms with Crippen molar-refractivity contribution in [1.29, 1.82) is 0 Å². The van der Waals surface area contributed by atoms with Crippen molar-refractivity contribution < 1.29 is 28.3 Å². The largest absolute Gasteiger partial charge is 0.487 e. The fourth-order valence-electron chi connectivity index (χ4n) is 1.53. The molecule has 21 heavy (non-hydrogen) atoms. The molecule has 9 heteroatoms. The molecule has 0 aliphatic rings. The Kier molecular flexibility index (Phi) is 5.97. The van der Waals surface area contributed by atoms with Gasteiger partial charge in [0, 0.05) is 12.6 Å². The number of rotatable bonds is 7. The van der Waals surface area contributed by atoms with E-state index >= 15 is 0 Å². The van der Waals surface area contributed by atoms with E-state index in [1.54, 1.807) is 6.92 Å². The van der Waals surface area contributed by atoms with Crippen LogP contribution in [0, 0.1) is 10.1 Å². The van der Waals surface area contributed by atoms with E-state index in [-0.39, 0.29) is 17.9 Å². The lowest BCUT2D eigenvalue weighted by atomic mass is 10.1. The first-order valence-corrected chi connectivity index (χ1v) is 6.03. The summed E-state index contributed by atoms with van der Waals surface area (Å²) in [6.07, 6.45) is -5.01. The smallest absolute Gasteiger partial charge is 0.311 e. The highest BCUT2D eigenvalue weighted by Gasteiger charge is 2.24. The fraction of sp³-hybridized carbons (Fsp3) is 0.417. The average molecular weight is 304 g/mol. The number of nitro benzene ring substituents is 1. The van der Waals surface area contributed by atoms with E-state index in [1.165, 1.54) is 12.1 Å². The molecule has 0 aliphatic heterocycles. The lowest BCUT2D eigenvalue weighted by molar-refractivity contribution is -0.385. The predicted molar refractivity (Wildman–Crippen MR) is 68.6 cm³/mol. The van der Waals surface area contributed by atoms with E-state index in [0.29, 0.717) is 0 Å². The molecule has 7 nitrogen and oxygen atoms in total. The number of halogens is 2. The first-order valence-electron chi connectivity index (χ1n) is 6.03. The number of benzene rings is 1. The minimum Gasteiger partial charge on any atom is -0.487 e. The van der Waals surface area contributed by atoms with Crippen molar-refractivity contribution in [3.05, 3.63) is 33.9 Å². The van der Waals surface area contributed by atoms with Gasteiger partial charge in [0.2, 0.25) is 5.75 Å². The van der Waals surface area contributed by atoms with Crippen LogP contribution in [0.2, 0.25) is 0 Å². The van der Waals surface area contributed by atoms with Gasteiger partial charge < -0.3 is 15.2 Å². The minimum absolute atomic E-state index is 0.0881. The third-order valence-corrected chi connectivity index (χ3v) is 2.49. The van der Waals surface area contributed by atoms with Crippen LogP contribution in [0.1, 0.15) is 17.3 Å². The second kappa shape index (κ2) is 7.48. The average Bonchev–Trinajstić information content (AvgIpc) is 2.44. The molecule has 0 aliphatic carbocycles. The molecule has 0 saturated heterocycles. The molecule has 1 aromatic carbocycles. The lowest BCUT2D eigenvalue weighted by Gasteiger charge is -2.13. The summed E-state index contributed by atoms with van der Waals surface area (Å²) in [7, 11) is 0. The zero-order chi connectivity index (χ0) is 16.0. The Morgan fingerprint density at radius 2 is 2.19 bits per heavy atom. The summed E-state index contributed by atoms with van der Waals surface area (Å²) in [5.41, 5.74) is -0.563. The third kappa shape index (κ3) is 4.35. The maximum atomic E-state index is 12.1. The molecule has 0 saturated carbocycles. The number of carbonyl (C=O) groups is 1. The molecule has 2 N–H and O–H groups in total. The Labute approximate surface area is 118 Å². The van der Waals surface area contributed by atoms with Crippen LogP contribution in [0.15, 0.2) is 18.2 Å². The van der Waals surface area contributed by atoms with Crippen LogP contribution in [0.25, 0.3) is 0 Å². The summed E-state index contributed by atoms with van der Waals surface area (Å²) in [5, 5.41) is 21.9. The Morgan fingerprint density at radius 1 is 1.52 bits per heavy atom. The molecule has 0 radical (unpaired) electrons. The van der Waals surface area contributed by atoms with E-state index in [1.807, 2.05) is 0 Å². The minimum atomic E-state index is -3.00. The summed E-state index contributed by atoms with van der Waals surface area (Å²) < 4.78 is 29.4. The van der Waals surface area contributed by atoms with Gasteiger partial charge in [0.25, 0.3) is 12.3 Å². The zero-order valence-electron chi connectivity index (χ0n) is 11.1. The summed E-state index contributed by atoms with van der Waals surface area (Å²) in [6, 6.07) is 3.71. The van der Waals surface area contributed by atoms with Crippen molar-refractivity contribution in [2.45, 2.75) is 19.5 Å². The molecule has 1 unspecified atom stereocenters. The quantitative estimate of drug-likeness (QED) is 0.585. The number of nitrogens with one attached hydrogen (secondary N) is 1. The SMILES string of the molecule is CCOc1c(C(=O)NCC(O)C(F)F)cccc1[N+](=O)[O-]. The van der Waals surface area contributed by atoms with Crippen molar-refractivity contribution in [1.82, 2.24) is 5.32 Å². The number of amides is 1. The molecule has 116 valence electrons. The molecule has 0 heterocycles. The van der Waals surface area contributed by atoms with Crippen LogP contribution in [0.3, 0.4) is 0 Å². The number of hydrogen-bond acceptors (Lipinski definition) is 5. The van der Waals surface area contributed by atoms with E-state index < -0.39 is 35.6 Å². The molecule has 0 spiro atoms. The molecule has 0 bridgehead atoms. The molecule has 0 fully saturated rings. The number of nitro groups is 1. The number of alkyl halides is 2. The van der Waals surface area contributed by atoms with E-state index in [2.05, 4.69) is 5.32 Å². The number of aliphatic hydroxyl groups excluding tert-OH is 1. The second-order valence-electron chi connectivity index (χ2n) is 3.96. The lowest BCUT2D eigenvalue weighted by Crippen LogP contribution is -2.36. The van der Waals surface area contributed by atoms with Gasteiger partial charge in [-0.25, -0.2) is 8.78 Å². The number of hydrogen-bond donors (Lipinski definition) is 2. The standard InChI is InChI=1S/C12H14F2N2O5/c1-2-21-10-7(4-3-5-8(10)16(19)20)12(18)15-6-9(17)11(13)14/h3-5,9,11,17H,2,6H2,1H3,(H,15,18). The monoisotopic (exact) mass is 304 g/mol. The Balaban J connectivity index is 2.98. The fourth-order valence-corrected chi connectivity index (χ4v) is 1.53. The number of carbonyl (C=O) groups excluding carboxylic acids is 1. The Morgan fingerprint density at radius 3 is 2.71 bits per heavy atom. The first-order chi connectivity index (χ1) is 9.88. The molecule has 1 rings (SSSR count). The first kappa shape index (κ1) is 16.8. The van der Waals surface area contributed by atoms with Crippen LogP contribution in [-0.2, 0) is 0 Å². The normalized spacial score (nSPS) is 12.0. The van der Waals surface area contributed by atoms with Crippen LogP contribution in [-0.4, -0.2) is 41.6 Å². The highest BCUT2D eigenvalue weighted by atomic mass is 19.3. The van der Waals surface area contributed by atoms with Gasteiger partial charge in [-0.05, 0) is 13.0 Å². The number of aliphatic hydroxyl groups is 1. The van der Waals surface area contributed by atoms with Gasteiger partial charge in [-0.15, -0.1) is 0 Å². The van der Waals surface area contributed by atoms with Crippen molar-refractivity contribution in [2.75, 3.05) is 13.2 Å². The van der Waals surface area contributed by atoms with E-state index in [9.17, 15) is 23.7 Å². The molecule has 0 aromatic heterocycles. The van der Waals surface area contributed by atoms with Crippen molar-refractivity contribution in [3.63, 3.8) is 0 Å². The maximum Gasteiger partial charge on any atom is 0.311 e. The van der Waals surface area contributed by atoms with Gasteiger partial charge in [-0.2, -0.15) is 0 Å². The number of para-hydroxylation sites is 1. The molecule has 1 amide bonds. The summed E-state index contributed by atoms with van der Waals surface area (Å²) in [4.78, 5) is 22.0. The number of ether oxygens (including phenoxy) is 1. The van der Waals surface area contributed by atoms with Gasteiger partial charge >= 0.3 is 5.69 Å². The summed E-state index contributed by atoms with van der Waals surface area (Å²) >= 11 is 0. The molecular weight excluding hydrogens is 290 g/mol. The van der Waals surface area contributed by atoms with Crippen LogP contribution in [0.5, 0.6) is 5.75 Å². The van der Waals surface area contributed by atoms with Gasteiger partial charge in [-0.3, -0.25) is 14.9 Å². The predicted octanol–water partition coefficient (Wildman–Crippen LogP) is 1.35. The summed E-state index contributed by atoms with van der Waals surface area (Å²) in [6.45, 7) is 0.995. The van der Waals surface area contributed by atoms with E-state index in [0.717, 1.165) is 6.07 Å². The number of nitrogens with zero attached hydrogens (tertiary/aromatic N) is 1. The van der Waals surface area contributed by atoms with Gasteiger partial charge in [0.05, 0.1) is 17.1 Å². The van der Waals surface area contributed by atoms with E-state index in [4.69, 9.17) is 9.84 Å². The molecule has 1 atom stereocenters. The topological polar surface area (TPSA) is 102 Å². The maximum absolute atomic E-state index is 12.1. The van der Waals surface area contributed by atoms with Gasteiger partial charge in [0.15, 0.2) is 0 Å². The van der Waals surface area contributed by atoms with Gasteiger partial charge in [-0.1, -0.05) is 6.07 Å². The van der Waals surface area contributed by atoms with Crippen molar-refractivity contribution in [3.8, 4) is 5.75 Å². The highest BCUT2D eigenvalue weighted by Crippen LogP contribution is 2.30. The Hall–Kier alpha value is -2.29. The van der Waals surface area contributed by atoms with Crippen molar-refractivity contribution in [2.24, 2.45) is 0 Å². The van der Waals surface area contributed by atoms with Crippen LogP contribution in [0.4, 0.5) is 14.5 Å². The molecule has 1 aromatic rings. The summed E-state index contributed by atoms with van der Waals surface area (Å²) in [5.74, 6) is -1.09. The highest BCUT2D eigenvalue weighted by molar-refractivity contribution is 5.98. The third-order valence-electron chi connectivity index (χ3n) is 2.49. The van der Waals surface area contributed by atoms with Crippen LogP contribution < -0.4 is 10.1 Å². The Bertz CT molecular complexity index is 524. The molecular formula is C12H14F2N2O5. The second-order valence-corrected chi connectivity index (χ2v) is 3.96. The van der Waals surface area contributed by atoms with Gasteiger partial charge in [0.1, 0.15) is 6.10 Å². The zero-order valence-corrected chi connectivity index (χ0v) is 11.1.